The van der Waals surface area contributed by atoms with Gasteiger partial charge in [-0.2, -0.15) is 0 Å². The highest BCUT2D eigenvalue weighted by molar-refractivity contribution is 5.85. The summed E-state index contributed by atoms with van der Waals surface area (Å²) in [6.07, 6.45) is 2.02. The highest BCUT2D eigenvalue weighted by Gasteiger charge is 2.23. The number of nitrogens with one attached hydrogen (secondary N) is 1. The Labute approximate surface area is 200 Å². The van der Waals surface area contributed by atoms with Crippen molar-refractivity contribution in [3.63, 3.8) is 0 Å². The lowest BCUT2D eigenvalue weighted by Crippen LogP contribution is -2.29. The van der Waals surface area contributed by atoms with Gasteiger partial charge in [0.15, 0.2) is 23.0 Å². The van der Waals surface area contributed by atoms with Crippen molar-refractivity contribution in [1.82, 2.24) is 5.32 Å². The van der Waals surface area contributed by atoms with Gasteiger partial charge in [0.1, 0.15) is 0 Å². The maximum Gasteiger partial charge on any atom is 0.161 e. The number of benzene rings is 2. The average molecular weight is 466 g/mol. The summed E-state index contributed by atoms with van der Waals surface area (Å²) in [6, 6.07) is 12.7. The lowest BCUT2D eigenvalue weighted by atomic mass is 9.91. The minimum absolute atomic E-state index is 0. The van der Waals surface area contributed by atoms with Crippen LogP contribution in [0.4, 0.5) is 0 Å². The van der Waals surface area contributed by atoms with Crippen LogP contribution in [0.5, 0.6) is 23.0 Å². The van der Waals surface area contributed by atoms with E-state index in [-0.39, 0.29) is 24.5 Å². The van der Waals surface area contributed by atoms with Gasteiger partial charge >= 0.3 is 0 Å². The smallest absolute Gasteiger partial charge is 0.161 e. The molecule has 0 saturated heterocycles. The standard InChI is InChI=1S/C26H39NO4.ClH/c1-17(2)13-21(19-9-11-23(28-5)25(15-19)30-7)27-22(14-18(3)4)20-10-12-24(29-6)26(16-20)31-8;/h9-12,15-18,21-22,27H,13-14H2,1-8H3;1H. The predicted molar refractivity (Wildman–Crippen MR) is 134 cm³/mol. The second-order valence-corrected chi connectivity index (χ2v) is 8.76. The minimum Gasteiger partial charge on any atom is -0.493 e. The van der Waals surface area contributed by atoms with Crippen LogP contribution in [0.25, 0.3) is 0 Å². The third-order valence-electron chi connectivity index (χ3n) is 5.44. The lowest BCUT2D eigenvalue weighted by molar-refractivity contribution is 0.335. The molecule has 0 spiro atoms. The Hall–Kier alpha value is -2.11. The van der Waals surface area contributed by atoms with E-state index in [1.165, 1.54) is 11.1 Å². The van der Waals surface area contributed by atoms with Gasteiger partial charge in [0.2, 0.25) is 0 Å². The fourth-order valence-electron chi connectivity index (χ4n) is 3.93. The third-order valence-corrected chi connectivity index (χ3v) is 5.44. The number of hydrogen-bond acceptors (Lipinski definition) is 5. The Morgan fingerprint density at radius 1 is 0.594 bits per heavy atom. The molecule has 0 radical (unpaired) electrons. The van der Waals surface area contributed by atoms with E-state index < -0.39 is 0 Å². The van der Waals surface area contributed by atoms with E-state index in [9.17, 15) is 0 Å². The first kappa shape index (κ1) is 27.9. The summed E-state index contributed by atoms with van der Waals surface area (Å²) in [5.41, 5.74) is 2.39. The summed E-state index contributed by atoms with van der Waals surface area (Å²) in [4.78, 5) is 0. The molecule has 0 bridgehead atoms. The zero-order chi connectivity index (χ0) is 23.0. The molecule has 0 aliphatic carbocycles. The summed E-state index contributed by atoms with van der Waals surface area (Å²) in [6.45, 7) is 9.01. The topological polar surface area (TPSA) is 49.0 Å². The molecule has 0 aromatic heterocycles. The van der Waals surface area contributed by atoms with Gasteiger partial charge in [-0.25, -0.2) is 0 Å². The van der Waals surface area contributed by atoms with Crippen LogP contribution >= 0.6 is 12.4 Å². The van der Waals surface area contributed by atoms with Gasteiger partial charge in [0.25, 0.3) is 0 Å². The van der Waals surface area contributed by atoms with E-state index in [1.54, 1.807) is 28.4 Å². The third kappa shape index (κ3) is 7.49. The molecule has 0 aliphatic heterocycles. The predicted octanol–water partition coefficient (Wildman–Crippen LogP) is 6.61. The molecule has 0 fully saturated rings. The molecule has 0 amide bonds. The molecule has 5 nitrogen and oxygen atoms in total. The van der Waals surface area contributed by atoms with Crippen LogP contribution in [0, 0.1) is 11.8 Å². The van der Waals surface area contributed by atoms with Crippen molar-refractivity contribution in [1.29, 1.82) is 0 Å². The van der Waals surface area contributed by atoms with Gasteiger partial charge in [-0.1, -0.05) is 39.8 Å². The number of halogens is 1. The summed E-state index contributed by atoms with van der Waals surface area (Å²) in [7, 11) is 6.68. The normalized spacial score (nSPS) is 12.8. The summed E-state index contributed by atoms with van der Waals surface area (Å²) < 4.78 is 22.0. The Bertz CT molecular complexity index is 758. The second-order valence-electron chi connectivity index (χ2n) is 8.76. The highest BCUT2D eigenvalue weighted by atomic mass is 35.5. The molecule has 6 heteroatoms. The van der Waals surface area contributed by atoms with Crippen molar-refractivity contribution < 1.29 is 18.9 Å². The minimum atomic E-state index is 0. The van der Waals surface area contributed by atoms with Crippen molar-refractivity contribution >= 4 is 12.4 Å². The SMILES string of the molecule is COc1ccc(C(CC(C)C)NC(CC(C)C)c2ccc(OC)c(OC)c2)cc1OC.Cl. The van der Waals surface area contributed by atoms with Gasteiger partial charge in [-0.05, 0) is 60.1 Å². The van der Waals surface area contributed by atoms with Crippen LogP contribution < -0.4 is 24.3 Å². The first-order valence-corrected chi connectivity index (χ1v) is 11.0. The van der Waals surface area contributed by atoms with Crippen molar-refractivity contribution in [2.24, 2.45) is 11.8 Å². The van der Waals surface area contributed by atoms with E-state index in [1.807, 2.05) is 12.1 Å². The molecule has 180 valence electrons. The average Bonchev–Trinajstić information content (AvgIpc) is 2.76. The zero-order valence-electron chi connectivity index (χ0n) is 20.7. The van der Waals surface area contributed by atoms with Gasteiger partial charge in [-0.3, -0.25) is 0 Å². The molecular formula is C26H40ClNO4. The summed E-state index contributed by atoms with van der Waals surface area (Å²) in [5.74, 6) is 4.07. The quantitative estimate of drug-likeness (QED) is 0.382. The Balaban J connectivity index is 0.00000512. The monoisotopic (exact) mass is 465 g/mol. The van der Waals surface area contributed by atoms with Gasteiger partial charge in [0.05, 0.1) is 28.4 Å². The highest BCUT2D eigenvalue weighted by Crippen LogP contribution is 2.36. The van der Waals surface area contributed by atoms with Crippen LogP contribution in [0.3, 0.4) is 0 Å². The molecule has 0 saturated carbocycles. The van der Waals surface area contributed by atoms with E-state index in [0.717, 1.165) is 35.8 Å². The first-order chi connectivity index (χ1) is 14.8. The van der Waals surface area contributed by atoms with Gasteiger partial charge in [0, 0.05) is 12.1 Å². The molecule has 1 N–H and O–H groups in total. The van der Waals surface area contributed by atoms with E-state index >= 15 is 0 Å². The van der Waals surface area contributed by atoms with Crippen LogP contribution in [-0.4, -0.2) is 28.4 Å². The van der Waals surface area contributed by atoms with Crippen molar-refractivity contribution in [3.8, 4) is 23.0 Å². The molecule has 2 unspecified atom stereocenters. The number of hydrogen-bond donors (Lipinski definition) is 1. The van der Waals surface area contributed by atoms with Gasteiger partial charge in [-0.15, -0.1) is 12.4 Å². The van der Waals surface area contributed by atoms with E-state index in [4.69, 9.17) is 18.9 Å². The van der Waals surface area contributed by atoms with Crippen LogP contribution in [-0.2, 0) is 0 Å². The van der Waals surface area contributed by atoms with Crippen molar-refractivity contribution in [3.05, 3.63) is 47.5 Å². The molecular weight excluding hydrogens is 426 g/mol. The molecule has 2 atom stereocenters. The lowest BCUT2D eigenvalue weighted by Gasteiger charge is -2.30. The first-order valence-electron chi connectivity index (χ1n) is 11.0. The molecule has 0 aliphatic rings. The van der Waals surface area contributed by atoms with Crippen molar-refractivity contribution in [2.75, 3.05) is 28.4 Å². The van der Waals surface area contributed by atoms with Crippen LogP contribution in [0.2, 0.25) is 0 Å². The Kier molecular flexibility index (Phi) is 11.7. The number of rotatable bonds is 12. The fourth-order valence-corrected chi connectivity index (χ4v) is 3.93. The van der Waals surface area contributed by atoms with Crippen LogP contribution in [0.1, 0.15) is 63.7 Å². The number of methoxy groups -OCH3 is 4. The zero-order valence-corrected chi connectivity index (χ0v) is 21.5. The van der Waals surface area contributed by atoms with Gasteiger partial charge < -0.3 is 24.3 Å². The summed E-state index contributed by atoms with van der Waals surface area (Å²) in [5, 5.41) is 3.93. The maximum absolute atomic E-state index is 5.56. The van der Waals surface area contributed by atoms with E-state index in [2.05, 4.69) is 57.3 Å². The molecule has 32 heavy (non-hydrogen) atoms. The largest absolute Gasteiger partial charge is 0.493 e. The maximum atomic E-state index is 5.56. The summed E-state index contributed by atoms with van der Waals surface area (Å²) >= 11 is 0. The molecule has 2 aromatic carbocycles. The molecule has 2 rings (SSSR count). The van der Waals surface area contributed by atoms with E-state index in [0.29, 0.717) is 11.8 Å². The van der Waals surface area contributed by atoms with Crippen LogP contribution in [0.15, 0.2) is 36.4 Å². The molecule has 0 heterocycles. The fraction of sp³-hybridized carbons (Fsp3) is 0.538. The second kappa shape index (κ2) is 13.4. The number of ether oxygens (including phenoxy) is 4. The molecule has 2 aromatic rings. The Morgan fingerprint density at radius 2 is 0.938 bits per heavy atom. The van der Waals surface area contributed by atoms with Crippen molar-refractivity contribution in [2.45, 2.75) is 52.6 Å². The Morgan fingerprint density at radius 3 is 1.22 bits per heavy atom.